The number of aliphatic imine (C=N–C) groups is 1. The van der Waals surface area contributed by atoms with Gasteiger partial charge in [-0.2, -0.15) is 23.5 Å². The molecule has 1 aliphatic heterocycles. The summed E-state index contributed by atoms with van der Waals surface area (Å²) in [5, 5.41) is 18.7. The lowest BCUT2D eigenvalue weighted by Crippen LogP contribution is -2.38. The number of rotatable bonds is 7. The summed E-state index contributed by atoms with van der Waals surface area (Å²) in [5.41, 5.74) is 5.52. The first-order chi connectivity index (χ1) is 19.4. The van der Waals surface area contributed by atoms with E-state index in [1.54, 1.807) is 31.9 Å². The summed E-state index contributed by atoms with van der Waals surface area (Å²) in [5.74, 6) is 0.465. The summed E-state index contributed by atoms with van der Waals surface area (Å²) < 4.78 is 39.9. The van der Waals surface area contributed by atoms with Gasteiger partial charge in [-0.25, -0.2) is 0 Å². The number of hydrogen-bond donors (Lipinski definition) is 1. The van der Waals surface area contributed by atoms with Crippen LogP contribution in [0.1, 0.15) is 70.3 Å². The van der Waals surface area contributed by atoms with Crippen LogP contribution in [0.25, 0.3) is 5.57 Å². The van der Waals surface area contributed by atoms with Crippen molar-refractivity contribution in [3.05, 3.63) is 76.8 Å². The first-order valence-electron chi connectivity index (χ1n) is 13.2. The molecule has 0 fully saturated rings. The van der Waals surface area contributed by atoms with Gasteiger partial charge in [0.05, 0.1) is 30.3 Å². The highest BCUT2D eigenvalue weighted by Crippen LogP contribution is 2.39. The topological polar surface area (TPSA) is 108 Å². The van der Waals surface area contributed by atoms with Gasteiger partial charge in [0.1, 0.15) is 17.9 Å². The fourth-order valence-electron chi connectivity index (χ4n) is 3.70. The van der Waals surface area contributed by atoms with E-state index in [-0.39, 0.29) is 11.0 Å². The third kappa shape index (κ3) is 10.2. The van der Waals surface area contributed by atoms with Crippen LogP contribution in [0.4, 0.5) is 13.2 Å². The molecule has 0 spiro atoms. The van der Waals surface area contributed by atoms with Gasteiger partial charge < -0.3 is 9.94 Å². The van der Waals surface area contributed by atoms with E-state index in [1.165, 1.54) is 0 Å². The normalized spacial score (nSPS) is 14.9. The average molecular weight is 573 g/mol. The summed E-state index contributed by atoms with van der Waals surface area (Å²) in [6.45, 7) is 10.9. The molecule has 1 aliphatic rings. The lowest BCUT2D eigenvalue weighted by atomic mass is 9.84. The van der Waals surface area contributed by atoms with Crippen LogP contribution in [0.3, 0.4) is 0 Å². The molecule has 1 unspecified atom stereocenters. The molecule has 11 heteroatoms. The number of alkyl halides is 3. The molecule has 3 rings (SSSR count). The molecule has 0 aromatic carbocycles. The number of ether oxygens (including phenoxy) is 1. The summed E-state index contributed by atoms with van der Waals surface area (Å²) in [6, 6.07) is 2.49. The molecule has 0 radical (unpaired) electrons. The monoisotopic (exact) mass is 572 g/mol. The van der Waals surface area contributed by atoms with E-state index >= 15 is 0 Å². The van der Waals surface area contributed by atoms with Gasteiger partial charge in [0.2, 0.25) is 0 Å². The Morgan fingerprint density at radius 3 is 2.34 bits per heavy atom. The van der Waals surface area contributed by atoms with Crippen molar-refractivity contribution in [1.82, 2.24) is 20.0 Å². The maximum absolute atomic E-state index is 11.5. The number of hydroxylamine groups is 2. The molecule has 8 nitrogen and oxygen atoms in total. The van der Waals surface area contributed by atoms with Crippen LogP contribution in [0.5, 0.6) is 5.75 Å². The van der Waals surface area contributed by atoms with E-state index in [0.717, 1.165) is 60.6 Å². The highest BCUT2D eigenvalue weighted by molar-refractivity contribution is 5.86. The second-order valence-corrected chi connectivity index (χ2v) is 8.82. The highest BCUT2D eigenvalue weighted by atomic mass is 19.4. The molecule has 0 amide bonds. The third-order valence-corrected chi connectivity index (χ3v) is 6.11. The number of allylic oxidation sites excluding steroid dienone is 5. The van der Waals surface area contributed by atoms with E-state index in [4.69, 9.17) is 14.9 Å². The number of halogens is 3. The zero-order valence-electron chi connectivity index (χ0n) is 24.9. The van der Waals surface area contributed by atoms with Gasteiger partial charge in [-0.3, -0.25) is 19.9 Å². The Morgan fingerprint density at radius 2 is 1.85 bits per heavy atom. The standard InChI is InChI=1S/C24H25N5O.C4H8F3NO.C2H6/c1-5-19(23-15-26-9-10-27-23)24(22-8-6-7-16(2)13-29-22)21(12-25)20-11-18(30-4)14-28-17(20)3;1-3(8(2)9)4(5,6)7;1-2/h7-11,13-15,19H,5-6H2,1-4H3;3,9H,1-2H3;1-2H3/b24-21+;;/t;3-;/m.0./s1. The number of aromatic nitrogens is 3. The minimum atomic E-state index is -4.34. The van der Waals surface area contributed by atoms with Gasteiger partial charge in [0.25, 0.3) is 0 Å². The zero-order chi connectivity index (χ0) is 31.2. The number of methoxy groups -OCH3 is 1. The number of hydrogen-bond acceptors (Lipinski definition) is 8. The number of nitrogens with zero attached hydrogens (tertiary/aromatic N) is 6. The first kappa shape index (κ1) is 35.1. The largest absolute Gasteiger partial charge is 0.495 e. The van der Waals surface area contributed by atoms with Crippen molar-refractivity contribution in [2.45, 2.75) is 72.5 Å². The lowest BCUT2D eigenvalue weighted by Gasteiger charge is -2.21. The molecule has 1 N–H and O–H groups in total. The van der Waals surface area contributed by atoms with Crippen LogP contribution in [-0.4, -0.2) is 57.8 Å². The molecule has 2 atom stereocenters. The van der Waals surface area contributed by atoms with Gasteiger partial charge in [0.15, 0.2) is 0 Å². The molecular weight excluding hydrogens is 533 g/mol. The van der Waals surface area contributed by atoms with Crippen molar-refractivity contribution >= 4 is 11.8 Å². The Bertz CT molecular complexity index is 1280. The fraction of sp³-hybridized carbons (Fsp3) is 0.433. The molecule has 41 heavy (non-hydrogen) atoms. The van der Waals surface area contributed by atoms with E-state index in [0.29, 0.717) is 11.3 Å². The minimum absolute atomic E-state index is 0.125. The molecule has 2 aromatic heterocycles. The van der Waals surface area contributed by atoms with Crippen LogP contribution in [0, 0.1) is 18.3 Å². The molecule has 0 bridgehead atoms. The Kier molecular flexibility index (Phi) is 14.6. The van der Waals surface area contributed by atoms with Crippen molar-refractivity contribution in [2.75, 3.05) is 14.2 Å². The van der Waals surface area contributed by atoms with Gasteiger partial charge >= 0.3 is 6.18 Å². The predicted octanol–water partition coefficient (Wildman–Crippen LogP) is 7.25. The average Bonchev–Trinajstić information content (AvgIpc) is 3.18. The van der Waals surface area contributed by atoms with Crippen molar-refractivity contribution in [3.63, 3.8) is 0 Å². The van der Waals surface area contributed by atoms with Gasteiger partial charge in [0, 0.05) is 54.6 Å². The Balaban J connectivity index is 0.000000653. The smallest absolute Gasteiger partial charge is 0.406 e. The molecule has 0 aliphatic carbocycles. The molecular formula is C30H39F3N6O2. The number of nitriles is 1. The highest BCUT2D eigenvalue weighted by Gasteiger charge is 2.38. The maximum Gasteiger partial charge on any atom is 0.406 e. The molecule has 222 valence electrons. The summed E-state index contributed by atoms with van der Waals surface area (Å²) in [6.07, 6.45) is 9.90. The first-order valence-corrected chi connectivity index (χ1v) is 13.2. The van der Waals surface area contributed by atoms with Crippen LogP contribution < -0.4 is 4.74 Å². The van der Waals surface area contributed by atoms with Crippen molar-refractivity contribution < 1.29 is 23.1 Å². The number of pyridine rings is 1. The van der Waals surface area contributed by atoms with Crippen LogP contribution >= 0.6 is 0 Å². The lowest BCUT2D eigenvalue weighted by molar-refractivity contribution is -0.236. The SMILES string of the molecule is CC.CCC(/C(C1=CCC=C(C)C=N1)=C(/C#N)c1cc(OC)cnc1C)c1cnccn1.C[C@H](N(C)O)C(F)(F)F. The summed E-state index contributed by atoms with van der Waals surface area (Å²) >= 11 is 0. The van der Waals surface area contributed by atoms with E-state index in [1.807, 2.05) is 40.0 Å². The maximum atomic E-state index is 11.5. The van der Waals surface area contributed by atoms with Crippen molar-refractivity contribution in [3.8, 4) is 11.8 Å². The van der Waals surface area contributed by atoms with E-state index in [9.17, 15) is 18.4 Å². The van der Waals surface area contributed by atoms with Crippen LogP contribution in [-0.2, 0) is 0 Å². The molecule has 2 aromatic rings. The predicted molar refractivity (Wildman–Crippen MR) is 154 cm³/mol. The van der Waals surface area contributed by atoms with E-state index < -0.39 is 12.2 Å². The van der Waals surface area contributed by atoms with Crippen LogP contribution in [0.15, 0.2) is 64.8 Å². The van der Waals surface area contributed by atoms with E-state index in [2.05, 4.69) is 40.1 Å². The van der Waals surface area contributed by atoms with Gasteiger partial charge in [-0.15, -0.1) is 0 Å². The summed E-state index contributed by atoms with van der Waals surface area (Å²) in [4.78, 5) is 17.9. The molecule has 0 saturated carbocycles. The summed E-state index contributed by atoms with van der Waals surface area (Å²) in [7, 11) is 2.55. The molecule has 3 heterocycles. The second kappa shape index (κ2) is 17.0. The number of aryl methyl sites for hydroxylation is 1. The second-order valence-electron chi connectivity index (χ2n) is 8.82. The zero-order valence-corrected chi connectivity index (χ0v) is 24.9. The quantitative estimate of drug-likeness (QED) is 0.275. The van der Waals surface area contributed by atoms with Gasteiger partial charge in [-0.05, 0) is 45.3 Å². The van der Waals surface area contributed by atoms with Crippen LogP contribution in [0.2, 0.25) is 0 Å². The Morgan fingerprint density at radius 1 is 1.17 bits per heavy atom. The van der Waals surface area contributed by atoms with Crippen molar-refractivity contribution in [1.29, 1.82) is 5.26 Å². The van der Waals surface area contributed by atoms with Gasteiger partial charge in [-0.1, -0.05) is 32.9 Å². The Labute approximate surface area is 240 Å². The minimum Gasteiger partial charge on any atom is -0.495 e. The Hall–Kier alpha value is -3.88. The third-order valence-electron chi connectivity index (χ3n) is 6.11. The fourth-order valence-corrected chi connectivity index (χ4v) is 3.70. The molecule has 0 saturated heterocycles. The van der Waals surface area contributed by atoms with Crippen molar-refractivity contribution in [2.24, 2.45) is 4.99 Å².